The van der Waals surface area contributed by atoms with Gasteiger partial charge in [-0.05, 0) is 12.5 Å². The van der Waals surface area contributed by atoms with Gasteiger partial charge < -0.3 is 15.3 Å². The van der Waals surface area contributed by atoms with Crippen LogP contribution in [0.2, 0.25) is 0 Å². The van der Waals surface area contributed by atoms with Gasteiger partial charge in [0.25, 0.3) is 0 Å². The lowest BCUT2D eigenvalue weighted by atomic mass is 10.1. The molecular weight excluding hydrogens is 236 g/mol. The third kappa shape index (κ3) is 2.35. The fourth-order valence-corrected chi connectivity index (χ4v) is 2.13. The minimum absolute atomic E-state index is 0.00703. The number of nitrogens with one attached hydrogen (secondary N) is 1. The Kier molecular flexibility index (Phi) is 3.61. The van der Waals surface area contributed by atoms with E-state index in [9.17, 15) is 10.1 Å². The van der Waals surface area contributed by atoms with Gasteiger partial charge in [0.1, 0.15) is 5.82 Å². The van der Waals surface area contributed by atoms with Crippen molar-refractivity contribution in [2.75, 3.05) is 37.0 Å². The van der Waals surface area contributed by atoms with Crippen molar-refractivity contribution >= 4 is 17.3 Å². The van der Waals surface area contributed by atoms with Crippen molar-refractivity contribution in [3.8, 4) is 0 Å². The Labute approximate surface area is 105 Å². The molecule has 2 N–H and O–H groups in total. The molecule has 1 aromatic rings. The first-order chi connectivity index (χ1) is 8.65. The lowest BCUT2D eigenvalue weighted by Gasteiger charge is -2.17. The molecule has 0 amide bonds. The zero-order valence-corrected chi connectivity index (χ0v) is 10.2. The lowest BCUT2D eigenvalue weighted by molar-refractivity contribution is -0.384. The smallest absolute Gasteiger partial charge is 0.311 e. The van der Waals surface area contributed by atoms with Crippen LogP contribution in [0.15, 0.2) is 12.1 Å². The summed E-state index contributed by atoms with van der Waals surface area (Å²) in [5, 5.41) is 23.0. The van der Waals surface area contributed by atoms with Gasteiger partial charge in [0.05, 0.1) is 4.92 Å². The lowest BCUT2D eigenvalue weighted by Crippen LogP contribution is -2.23. The van der Waals surface area contributed by atoms with Crippen molar-refractivity contribution in [1.82, 2.24) is 4.98 Å². The molecule has 98 valence electrons. The summed E-state index contributed by atoms with van der Waals surface area (Å²) < 4.78 is 0. The monoisotopic (exact) mass is 252 g/mol. The van der Waals surface area contributed by atoms with Gasteiger partial charge in [-0.15, -0.1) is 0 Å². The zero-order chi connectivity index (χ0) is 13.1. The maximum atomic E-state index is 11.0. The minimum Gasteiger partial charge on any atom is -0.396 e. The first-order valence-electron chi connectivity index (χ1n) is 5.84. The second-order valence-electron chi connectivity index (χ2n) is 4.33. The average Bonchev–Trinajstić information content (AvgIpc) is 2.86. The van der Waals surface area contributed by atoms with Gasteiger partial charge in [-0.3, -0.25) is 10.1 Å². The van der Waals surface area contributed by atoms with Crippen LogP contribution < -0.4 is 10.2 Å². The maximum absolute atomic E-state index is 11.0. The van der Waals surface area contributed by atoms with Gasteiger partial charge in [-0.2, -0.15) is 0 Å². The fourth-order valence-electron chi connectivity index (χ4n) is 2.13. The highest BCUT2D eigenvalue weighted by Crippen LogP contribution is 2.31. The van der Waals surface area contributed by atoms with E-state index in [2.05, 4.69) is 10.3 Å². The van der Waals surface area contributed by atoms with Crippen molar-refractivity contribution in [3.63, 3.8) is 0 Å². The molecule has 1 unspecified atom stereocenters. The fraction of sp³-hybridized carbons (Fsp3) is 0.545. The van der Waals surface area contributed by atoms with Gasteiger partial charge >= 0.3 is 5.69 Å². The second kappa shape index (κ2) is 5.18. The Morgan fingerprint density at radius 3 is 3.00 bits per heavy atom. The Hall–Kier alpha value is -1.89. The second-order valence-corrected chi connectivity index (χ2v) is 4.33. The Morgan fingerprint density at radius 1 is 1.67 bits per heavy atom. The molecule has 7 heteroatoms. The van der Waals surface area contributed by atoms with E-state index < -0.39 is 4.92 Å². The quantitative estimate of drug-likeness (QED) is 0.609. The minimum atomic E-state index is -0.423. The summed E-state index contributed by atoms with van der Waals surface area (Å²) >= 11 is 0. The molecule has 0 aromatic carbocycles. The van der Waals surface area contributed by atoms with E-state index in [1.165, 1.54) is 6.07 Å². The average molecular weight is 252 g/mol. The first-order valence-corrected chi connectivity index (χ1v) is 5.84. The highest BCUT2D eigenvalue weighted by atomic mass is 16.6. The first kappa shape index (κ1) is 12.6. The van der Waals surface area contributed by atoms with Crippen molar-refractivity contribution in [2.24, 2.45) is 5.92 Å². The van der Waals surface area contributed by atoms with Crippen LogP contribution >= 0.6 is 0 Å². The molecule has 18 heavy (non-hydrogen) atoms. The van der Waals surface area contributed by atoms with Gasteiger partial charge in [0.15, 0.2) is 0 Å². The topological polar surface area (TPSA) is 91.5 Å². The molecule has 1 aromatic heterocycles. The van der Waals surface area contributed by atoms with Crippen LogP contribution in [0.3, 0.4) is 0 Å². The largest absolute Gasteiger partial charge is 0.396 e. The number of aromatic nitrogens is 1. The predicted molar refractivity (Wildman–Crippen MR) is 67.8 cm³/mol. The molecule has 0 bridgehead atoms. The van der Waals surface area contributed by atoms with Crippen LogP contribution in [-0.4, -0.2) is 41.8 Å². The van der Waals surface area contributed by atoms with Crippen LogP contribution in [0.4, 0.5) is 17.3 Å². The molecule has 0 aliphatic carbocycles. The Bertz CT molecular complexity index is 452. The summed E-state index contributed by atoms with van der Waals surface area (Å²) in [6, 6.07) is 3.04. The van der Waals surface area contributed by atoms with Gasteiger partial charge in [-0.1, -0.05) is 0 Å². The molecule has 1 atom stereocenters. The molecule has 0 saturated carbocycles. The van der Waals surface area contributed by atoms with E-state index in [1.54, 1.807) is 13.1 Å². The van der Waals surface area contributed by atoms with Crippen LogP contribution in [-0.2, 0) is 0 Å². The van der Waals surface area contributed by atoms with Crippen LogP contribution in [0.25, 0.3) is 0 Å². The van der Waals surface area contributed by atoms with E-state index in [1.807, 2.05) is 4.90 Å². The predicted octanol–water partition coefficient (Wildman–Crippen LogP) is 0.850. The summed E-state index contributed by atoms with van der Waals surface area (Å²) in [5.41, 5.74) is 0.00703. The molecule has 0 radical (unpaired) electrons. The molecule has 2 rings (SSSR count). The van der Waals surface area contributed by atoms with E-state index in [4.69, 9.17) is 5.11 Å². The standard InChI is InChI=1S/C11H16N4O3/c1-12-10-3-2-9(15(17)18)11(13-10)14-5-4-8(6-14)7-16/h2-3,8,16H,4-7H2,1H3,(H,12,13). The number of nitro groups is 1. The highest BCUT2D eigenvalue weighted by Gasteiger charge is 2.28. The summed E-state index contributed by atoms with van der Waals surface area (Å²) in [6.45, 7) is 1.40. The van der Waals surface area contributed by atoms with Crippen molar-refractivity contribution in [1.29, 1.82) is 0 Å². The molecule has 2 heterocycles. The number of rotatable bonds is 4. The van der Waals surface area contributed by atoms with Gasteiger partial charge in [0, 0.05) is 38.7 Å². The number of anilines is 2. The van der Waals surface area contributed by atoms with Gasteiger partial charge in [-0.25, -0.2) is 4.98 Å². The third-order valence-electron chi connectivity index (χ3n) is 3.15. The Morgan fingerprint density at radius 2 is 2.44 bits per heavy atom. The summed E-state index contributed by atoms with van der Waals surface area (Å²) in [5.74, 6) is 1.15. The molecule has 0 spiro atoms. The van der Waals surface area contributed by atoms with Crippen molar-refractivity contribution in [3.05, 3.63) is 22.2 Å². The number of aliphatic hydroxyl groups is 1. The van der Waals surface area contributed by atoms with Crippen LogP contribution in [0.1, 0.15) is 6.42 Å². The number of hydrogen-bond acceptors (Lipinski definition) is 6. The third-order valence-corrected chi connectivity index (χ3v) is 3.15. The number of pyridine rings is 1. The van der Waals surface area contributed by atoms with E-state index in [0.717, 1.165) is 6.42 Å². The van der Waals surface area contributed by atoms with Gasteiger partial charge in [0.2, 0.25) is 5.82 Å². The maximum Gasteiger partial charge on any atom is 0.311 e. The molecule has 1 aliphatic rings. The molecular formula is C11H16N4O3. The summed E-state index contributed by atoms with van der Waals surface area (Å²) in [7, 11) is 1.72. The molecule has 1 aliphatic heterocycles. The molecule has 1 fully saturated rings. The van der Waals surface area contributed by atoms with E-state index in [0.29, 0.717) is 24.7 Å². The number of aliphatic hydroxyl groups excluding tert-OH is 1. The SMILES string of the molecule is CNc1ccc([N+](=O)[O-])c(N2CCC(CO)C2)n1. The summed E-state index contributed by atoms with van der Waals surface area (Å²) in [4.78, 5) is 16.7. The highest BCUT2D eigenvalue weighted by molar-refractivity contribution is 5.62. The molecule has 7 nitrogen and oxygen atoms in total. The van der Waals surface area contributed by atoms with E-state index in [-0.39, 0.29) is 18.2 Å². The Balaban J connectivity index is 2.32. The normalized spacial score (nSPS) is 19.0. The van der Waals surface area contributed by atoms with Crippen molar-refractivity contribution < 1.29 is 10.0 Å². The molecule has 1 saturated heterocycles. The van der Waals surface area contributed by atoms with Crippen LogP contribution in [0.5, 0.6) is 0 Å². The zero-order valence-electron chi connectivity index (χ0n) is 10.2. The van der Waals surface area contributed by atoms with E-state index >= 15 is 0 Å². The van der Waals surface area contributed by atoms with Crippen LogP contribution in [0, 0.1) is 16.0 Å². The summed E-state index contributed by atoms with van der Waals surface area (Å²) in [6.07, 6.45) is 0.832. The van der Waals surface area contributed by atoms with Crippen molar-refractivity contribution in [2.45, 2.75) is 6.42 Å². The number of nitrogens with zero attached hydrogens (tertiary/aromatic N) is 3. The number of hydrogen-bond donors (Lipinski definition) is 2.